The molecule has 156 valence electrons. The van der Waals surface area contributed by atoms with Gasteiger partial charge in [-0.05, 0) is 25.7 Å². The monoisotopic (exact) mass is 400 g/mol. The maximum absolute atomic E-state index is 12.3. The molecule has 0 spiro atoms. The Morgan fingerprint density at radius 3 is 2.69 bits per heavy atom. The van der Waals surface area contributed by atoms with Crippen molar-refractivity contribution < 1.29 is 9.53 Å². The lowest BCUT2D eigenvalue weighted by Gasteiger charge is -2.36. The van der Waals surface area contributed by atoms with Gasteiger partial charge in [0.05, 0.1) is 18.4 Å². The lowest BCUT2D eigenvalue weighted by Crippen LogP contribution is -2.48. The van der Waals surface area contributed by atoms with E-state index in [0.717, 1.165) is 32.0 Å². The van der Waals surface area contributed by atoms with E-state index in [1.807, 2.05) is 11.0 Å². The average Bonchev–Trinajstić information content (AvgIpc) is 3.40. The Bertz CT molecular complexity index is 820. The van der Waals surface area contributed by atoms with Crippen LogP contribution in [0.2, 0.25) is 0 Å². The van der Waals surface area contributed by atoms with Gasteiger partial charge in [0, 0.05) is 38.1 Å². The highest BCUT2D eigenvalue weighted by Crippen LogP contribution is 2.26. The van der Waals surface area contributed by atoms with Crippen LogP contribution in [-0.2, 0) is 4.74 Å². The second-order valence-corrected chi connectivity index (χ2v) is 8.23. The number of ether oxygens (including phenoxy) is 1. The molecule has 29 heavy (non-hydrogen) atoms. The third-order valence-electron chi connectivity index (χ3n) is 6.40. The average molecular weight is 400 g/mol. The van der Waals surface area contributed by atoms with Crippen LogP contribution in [0.5, 0.6) is 0 Å². The van der Waals surface area contributed by atoms with Gasteiger partial charge in [-0.25, -0.2) is 9.89 Å². The first kappa shape index (κ1) is 19.7. The van der Waals surface area contributed by atoms with Crippen LogP contribution in [0.4, 0.5) is 10.5 Å². The molecule has 1 aliphatic carbocycles. The van der Waals surface area contributed by atoms with E-state index in [1.165, 1.54) is 31.9 Å². The number of carbonyl (C=O) groups is 1. The first-order valence-electron chi connectivity index (χ1n) is 10.6. The van der Waals surface area contributed by atoms with Crippen molar-refractivity contribution in [3.05, 3.63) is 22.1 Å². The summed E-state index contributed by atoms with van der Waals surface area (Å²) in [5, 5.41) is 18.3. The van der Waals surface area contributed by atoms with E-state index >= 15 is 0 Å². The van der Waals surface area contributed by atoms with Crippen molar-refractivity contribution in [2.45, 2.75) is 63.1 Å². The molecule has 3 aliphatic rings. The molecule has 2 N–H and O–H groups in total. The molecule has 1 saturated carbocycles. The number of nitrogens with zero attached hydrogens (tertiary/aromatic N) is 4. The minimum Gasteiger partial charge on any atom is -0.444 e. The van der Waals surface area contributed by atoms with E-state index in [2.05, 4.69) is 20.4 Å². The third kappa shape index (κ3) is 4.53. The van der Waals surface area contributed by atoms with Crippen molar-refractivity contribution in [2.75, 3.05) is 31.1 Å². The number of H-pyrrole nitrogens is 1. The highest BCUT2D eigenvalue weighted by Gasteiger charge is 2.31. The zero-order valence-corrected chi connectivity index (χ0v) is 16.6. The summed E-state index contributed by atoms with van der Waals surface area (Å²) in [4.78, 5) is 28.5. The second-order valence-electron chi connectivity index (χ2n) is 8.23. The van der Waals surface area contributed by atoms with Crippen LogP contribution in [-0.4, -0.2) is 65.6 Å². The first-order chi connectivity index (χ1) is 14.1. The number of anilines is 1. The van der Waals surface area contributed by atoms with Gasteiger partial charge in [0.1, 0.15) is 17.7 Å². The summed E-state index contributed by atoms with van der Waals surface area (Å²) in [6, 6.07) is 2.83. The molecule has 1 amide bonds. The predicted molar refractivity (Wildman–Crippen MR) is 107 cm³/mol. The molecule has 9 heteroatoms. The summed E-state index contributed by atoms with van der Waals surface area (Å²) in [5.41, 5.74) is 0.0252. The number of amides is 1. The maximum atomic E-state index is 12.3. The highest BCUT2D eigenvalue weighted by molar-refractivity contribution is 5.68. The van der Waals surface area contributed by atoms with Crippen LogP contribution >= 0.6 is 0 Å². The van der Waals surface area contributed by atoms with Gasteiger partial charge in [0.2, 0.25) is 0 Å². The topological polar surface area (TPSA) is 114 Å². The zero-order valence-electron chi connectivity index (χ0n) is 16.6. The van der Waals surface area contributed by atoms with Gasteiger partial charge in [-0.3, -0.25) is 4.79 Å². The fourth-order valence-corrected chi connectivity index (χ4v) is 4.81. The Hall–Kier alpha value is -2.60. The van der Waals surface area contributed by atoms with E-state index in [9.17, 15) is 14.9 Å². The van der Waals surface area contributed by atoms with Crippen molar-refractivity contribution in [2.24, 2.45) is 0 Å². The van der Waals surface area contributed by atoms with Gasteiger partial charge in [0.15, 0.2) is 0 Å². The number of carbonyl (C=O) groups excluding carboxylic acids is 1. The fourth-order valence-electron chi connectivity index (χ4n) is 4.81. The number of nitriles is 1. The molecule has 9 nitrogen and oxygen atoms in total. The van der Waals surface area contributed by atoms with E-state index in [-0.39, 0.29) is 23.8 Å². The lowest BCUT2D eigenvalue weighted by molar-refractivity contribution is 0.0950. The van der Waals surface area contributed by atoms with E-state index in [0.29, 0.717) is 25.2 Å². The van der Waals surface area contributed by atoms with Crippen LogP contribution in [0, 0.1) is 11.3 Å². The molecular weight excluding hydrogens is 372 g/mol. The van der Waals surface area contributed by atoms with Crippen LogP contribution in [0.1, 0.15) is 50.5 Å². The molecule has 1 aromatic rings. The van der Waals surface area contributed by atoms with Gasteiger partial charge in [-0.15, -0.1) is 0 Å². The van der Waals surface area contributed by atoms with Gasteiger partial charge < -0.3 is 19.9 Å². The van der Waals surface area contributed by atoms with Crippen molar-refractivity contribution in [3.63, 3.8) is 0 Å². The van der Waals surface area contributed by atoms with Crippen LogP contribution in [0.25, 0.3) is 0 Å². The fraction of sp³-hybridized carbons (Fsp3) is 0.700. The number of piperidine rings is 1. The summed E-state index contributed by atoms with van der Waals surface area (Å²) in [6.45, 7) is 3.14. The molecule has 0 bridgehead atoms. The molecule has 3 fully saturated rings. The number of aromatic nitrogens is 2. The standard InChI is InChI=1S/C20H28N6O3/c21-11-17-18(12-22-24-19(17)27)26-10-7-16(13-26)29-20(28)23-14-5-8-25(9-6-14)15-3-1-2-4-15/h12,14-16H,1-10,13H2,(H,23,28)(H,24,27)/t16-/m1/s1. The minimum atomic E-state index is -0.504. The molecule has 0 unspecified atom stereocenters. The third-order valence-corrected chi connectivity index (χ3v) is 6.40. The molecule has 0 radical (unpaired) electrons. The molecule has 3 heterocycles. The predicted octanol–water partition coefficient (Wildman–Crippen LogP) is 1.35. The van der Waals surface area contributed by atoms with Gasteiger partial charge in [-0.1, -0.05) is 12.8 Å². The minimum absolute atomic E-state index is 0.0409. The van der Waals surface area contributed by atoms with Gasteiger partial charge in [0.25, 0.3) is 5.56 Å². The summed E-state index contributed by atoms with van der Waals surface area (Å²) < 4.78 is 5.60. The summed E-state index contributed by atoms with van der Waals surface area (Å²) in [5.74, 6) is 0. The molecule has 2 aliphatic heterocycles. The van der Waals surface area contributed by atoms with E-state index in [4.69, 9.17) is 4.74 Å². The van der Waals surface area contributed by atoms with E-state index < -0.39 is 5.56 Å². The summed E-state index contributed by atoms with van der Waals surface area (Å²) in [6.07, 6.45) is 8.74. The molecule has 1 atom stereocenters. The molecule has 4 rings (SSSR count). The van der Waals surface area contributed by atoms with Crippen LogP contribution in [0.3, 0.4) is 0 Å². The molecule has 1 aromatic heterocycles. The Morgan fingerprint density at radius 1 is 1.21 bits per heavy atom. The number of rotatable bonds is 4. The number of nitrogens with one attached hydrogen (secondary N) is 2. The number of hydrogen-bond donors (Lipinski definition) is 2. The highest BCUT2D eigenvalue weighted by atomic mass is 16.6. The first-order valence-corrected chi connectivity index (χ1v) is 10.6. The van der Waals surface area contributed by atoms with Crippen molar-refractivity contribution in [3.8, 4) is 6.07 Å². The van der Waals surface area contributed by atoms with Crippen molar-refractivity contribution >= 4 is 11.8 Å². The largest absolute Gasteiger partial charge is 0.444 e. The van der Waals surface area contributed by atoms with Crippen LogP contribution < -0.4 is 15.8 Å². The number of likely N-dealkylation sites (tertiary alicyclic amines) is 1. The Morgan fingerprint density at radius 2 is 1.97 bits per heavy atom. The Labute approximate surface area is 170 Å². The van der Waals surface area contributed by atoms with Crippen molar-refractivity contribution in [1.29, 1.82) is 5.26 Å². The SMILES string of the molecule is N#Cc1c(N2CC[C@@H](OC(=O)NC3CCN(C4CCCC4)CC3)C2)cn[nH]c1=O. The Balaban J connectivity index is 1.24. The lowest BCUT2D eigenvalue weighted by atomic mass is 10.0. The zero-order chi connectivity index (χ0) is 20.2. The van der Waals surface area contributed by atoms with Crippen molar-refractivity contribution in [1.82, 2.24) is 20.4 Å². The second kappa shape index (κ2) is 8.82. The smallest absolute Gasteiger partial charge is 0.407 e. The number of hydrogen-bond acceptors (Lipinski definition) is 7. The number of aromatic amines is 1. The number of alkyl carbamates (subject to hydrolysis) is 1. The molecule has 0 aromatic carbocycles. The molecular formula is C20H28N6O3. The molecule has 2 saturated heterocycles. The van der Waals surface area contributed by atoms with Crippen LogP contribution in [0.15, 0.2) is 11.0 Å². The summed E-state index contributed by atoms with van der Waals surface area (Å²) >= 11 is 0. The Kier molecular flexibility index (Phi) is 6.00. The normalized spacial score (nSPS) is 23.8. The van der Waals surface area contributed by atoms with E-state index in [1.54, 1.807) is 0 Å². The summed E-state index contributed by atoms with van der Waals surface area (Å²) in [7, 11) is 0. The maximum Gasteiger partial charge on any atom is 0.407 e. The quantitative estimate of drug-likeness (QED) is 0.784. The van der Waals surface area contributed by atoms with Gasteiger partial charge >= 0.3 is 6.09 Å². The van der Waals surface area contributed by atoms with Gasteiger partial charge in [-0.2, -0.15) is 10.4 Å².